The van der Waals surface area contributed by atoms with E-state index in [2.05, 4.69) is 11.6 Å². The zero-order valence-corrected chi connectivity index (χ0v) is 17.3. The van der Waals surface area contributed by atoms with Gasteiger partial charge in [0.15, 0.2) is 0 Å². The number of benzene rings is 1. The van der Waals surface area contributed by atoms with Crippen molar-refractivity contribution in [3.63, 3.8) is 0 Å². The zero-order valence-electron chi connectivity index (χ0n) is 16.5. The molecule has 2 N–H and O–H groups in total. The highest BCUT2D eigenvalue weighted by Gasteiger charge is 2.26. The van der Waals surface area contributed by atoms with Crippen molar-refractivity contribution in [3.05, 3.63) is 23.8 Å². The van der Waals surface area contributed by atoms with Crippen LogP contribution in [0, 0.1) is 5.92 Å². The lowest BCUT2D eigenvalue weighted by Gasteiger charge is -2.27. The van der Waals surface area contributed by atoms with Crippen molar-refractivity contribution >= 4 is 21.6 Å². The first-order valence-corrected chi connectivity index (χ1v) is 11.7. The van der Waals surface area contributed by atoms with Gasteiger partial charge in [-0.25, -0.2) is 13.1 Å². The van der Waals surface area contributed by atoms with Crippen LogP contribution in [0.4, 0.5) is 5.69 Å². The van der Waals surface area contributed by atoms with Crippen LogP contribution < -0.4 is 14.5 Å². The second kappa shape index (κ2) is 8.71. The molecule has 150 valence electrons. The fraction of sp³-hybridized carbons (Fsp3) is 0.650. The minimum atomic E-state index is -3.50. The van der Waals surface area contributed by atoms with E-state index in [9.17, 15) is 13.2 Å². The average molecular weight is 395 g/mol. The topological polar surface area (TPSA) is 70.9 Å². The number of hydrogen-bond donors (Lipinski definition) is 2. The third-order valence-electron chi connectivity index (χ3n) is 5.84. The van der Waals surface area contributed by atoms with Crippen LogP contribution in [0.1, 0.15) is 45.1 Å². The zero-order chi connectivity index (χ0) is 19.4. The molecule has 0 aliphatic carbocycles. The van der Waals surface area contributed by atoms with Gasteiger partial charge in [0.05, 0.1) is 24.5 Å². The molecule has 0 radical (unpaired) electrons. The van der Waals surface area contributed by atoms with Crippen LogP contribution >= 0.6 is 0 Å². The molecule has 2 heterocycles. The van der Waals surface area contributed by atoms with Gasteiger partial charge in [-0.05, 0) is 48.9 Å². The van der Waals surface area contributed by atoms with E-state index >= 15 is 0 Å². The number of quaternary nitrogens is 1. The molecule has 27 heavy (non-hydrogen) atoms. The van der Waals surface area contributed by atoms with Crippen LogP contribution in [0.15, 0.2) is 23.1 Å². The lowest BCUT2D eigenvalue weighted by atomic mass is 9.99. The lowest BCUT2D eigenvalue weighted by Crippen LogP contribution is -3.13. The molecule has 0 saturated carbocycles. The van der Waals surface area contributed by atoms with Gasteiger partial charge < -0.3 is 9.80 Å². The second-order valence-electron chi connectivity index (χ2n) is 7.87. The molecule has 6 nitrogen and oxygen atoms in total. The maximum absolute atomic E-state index is 12.6. The molecular weight excluding hydrogens is 362 g/mol. The summed E-state index contributed by atoms with van der Waals surface area (Å²) in [4.78, 5) is 15.6. The van der Waals surface area contributed by atoms with E-state index in [0.717, 1.165) is 30.1 Å². The Morgan fingerprint density at radius 1 is 1.30 bits per heavy atom. The molecule has 1 aromatic carbocycles. The van der Waals surface area contributed by atoms with Crippen LogP contribution in [0.3, 0.4) is 0 Å². The summed E-state index contributed by atoms with van der Waals surface area (Å²) in [7, 11) is -3.50. The van der Waals surface area contributed by atoms with E-state index in [1.807, 2.05) is 6.92 Å². The van der Waals surface area contributed by atoms with Gasteiger partial charge >= 0.3 is 0 Å². The summed E-state index contributed by atoms with van der Waals surface area (Å²) in [6.45, 7) is 8.67. The molecule has 1 fully saturated rings. The molecule has 2 aliphatic heterocycles. The Morgan fingerprint density at radius 3 is 2.74 bits per heavy atom. The van der Waals surface area contributed by atoms with Gasteiger partial charge in [-0.1, -0.05) is 13.8 Å². The van der Waals surface area contributed by atoms with Crippen LogP contribution in [0.25, 0.3) is 0 Å². The van der Waals surface area contributed by atoms with E-state index in [4.69, 9.17) is 0 Å². The first-order chi connectivity index (χ1) is 12.9. The third kappa shape index (κ3) is 4.89. The number of sulfonamides is 1. The Hall–Kier alpha value is -1.44. The fourth-order valence-corrected chi connectivity index (χ4v) is 5.17. The Bertz CT molecular complexity index is 771. The van der Waals surface area contributed by atoms with E-state index < -0.39 is 10.0 Å². The molecule has 1 amide bonds. The molecule has 0 unspecified atom stereocenters. The Morgan fingerprint density at radius 2 is 2.04 bits per heavy atom. The number of hydrogen-bond acceptors (Lipinski definition) is 3. The molecule has 1 aromatic rings. The highest BCUT2D eigenvalue weighted by molar-refractivity contribution is 7.89. The summed E-state index contributed by atoms with van der Waals surface area (Å²) >= 11 is 0. The number of carbonyl (C=O) groups excluding carboxylic acids is 1. The Kier molecular flexibility index (Phi) is 6.55. The van der Waals surface area contributed by atoms with Crippen LogP contribution in [-0.2, 0) is 21.2 Å². The van der Waals surface area contributed by atoms with Gasteiger partial charge in [0.1, 0.15) is 0 Å². The predicted molar refractivity (Wildman–Crippen MR) is 107 cm³/mol. The van der Waals surface area contributed by atoms with Crippen molar-refractivity contribution in [3.8, 4) is 0 Å². The molecule has 0 spiro atoms. The smallest absolute Gasteiger partial charge is 0.240 e. The Labute approximate surface area is 163 Å². The molecule has 0 bridgehead atoms. The monoisotopic (exact) mass is 394 g/mol. The largest absolute Gasteiger partial charge is 0.335 e. The summed E-state index contributed by atoms with van der Waals surface area (Å²) in [6.07, 6.45) is 4.56. The van der Waals surface area contributed by atoms with Crippen LogP contribution in [-0.4, -0.2) is 47.0 Å². The van der Waals surface area contributed by atoms with E-state index in [0.29, 0.717) is 30.8 Å². The summed E-state index contributed by atoms with van der Waals surface area (Å²) in [5.41, 5.74) is 1.79. The highest BCUT2D eigenvalue weighted by Crippen LogP contribution is 2.30. The number of amides is 1. The summed E-state index contributed by atoms with van der Waals surface area (Å²) in [5.74, 6) is 0.910. The van der Waals surface area contributed by atoms with Crippen molar-refractivity contribution in [2.45, 2.75) is 50.8 Å². The predicted octanol–water partition coefficient (Wildman–Crippen LogP) is 0.969. The molecule has 0 atom stereocenters. The van der Waals surface area contributed by atoms with Crippen molar-refractivity contribution in [2.75, 3.05) is 37.6 Å². The van der Waals surface area contributed by atoms with Gasteiger partial charge in [0.25, 0.3) is 0 Å². The van der Waals surface area contributed by atoms with Crippen molar-refractivity contribution < 1.29 is 18.1 Å². The van der Waals surface area contributed by atoms with Gasteiger partial charge in [-0.15, -0.1) is 0 Å². The van der Waals surface area contributed by atoms with E-state index in [1.54, 1.807) is 28.0 Å². The van der Waals surface area contributed by atoms with Gasteiger partial charge in [-0.2, -0.15) is 0 Å². The van der Waals surface area contributed by atoms with Gasteiger partial charge in [0.2, 0.25) is 15.9 Å². The first-order valence-electron chi connectivity index (χ1n) is 10.2. The Balaban J connectivity index is 1.54. The number of likely N-dealkylation sites (tertiary alicyclic amines) is 1. The molecule has 0 aromatic heterocycles. The summed E-state index contributed by atoms with van der Waals surface area (Å²) in [5, 5.41) is 0. The molecule has 3 rings (SSSR count). The second-order valence-corrected chi connectivity index (χ2v) is 9.64. The highest BCUT2D eigenvalue weighted by atomic mass is 32.2. The molecule has 7 heteroatoms. The van der Waals surface area contributed by atoms with Crippen molar-refractivity contribution in [2.24, 2.45) is 5.92 Å². The third-order valence-corrected chi connectivity index (χ3v) is 7.30. The van der Waals surface area contributed by atoms with Crippen LogP contribution in [0.5, 0.6) is 0 Å². The minimum absolute atomic E-state index is 0.0806. The SMILES string of the molecule is CCC(=O)N1CCc2cc(S(=O)(=O)NCCC[NH+]3CCC(C)CC3)ccc21. The van der Waals surface area contributed by atoms with Crippen LogP contribution in [0.2, 0.25) is 0 Å². The maximum Gasteiger partial charge on any atom is 0.240 e. The number of carbonyl (C=O) groups is 1. The first kappa shape index (κ1) is 20.3. The van der Waals surface area contributed by atoms with Gasteiger partial charge in [-0.3, -0.25) is 4.79 Å². The molecule has 2 aliphatic rings. The number of rotatable bonds is 7. The minimum Gasteiger partial charge on any atom is -0.335 e. The van der Waals surface area contributed by atoms with Gasteiger partial charge in [0, 0.05) is 31.6 Å². The number of nitrogens with one attached hydrogen (secondary N) is 2. The summed E-state index contributed by atoms with van der Waals surface area (Å²) < 4.78 is 27.9. The number of anilines is 1. The molecular formula is C20H32N3O3S+. The summed E-state index contributed by atoms with van der Waals surface area (Å²) in [6, 6.07) is 5.10. The fourth-order valence-electron chi connectivity index (χ4n) is 4.04. The van der Waals surface area contributed by atoms with E-state index in [1.165, 1.54) is 25.9 Å². The normalized spacial score (nSPS) is 22.7. The standard InChI is InChI=1S/C20H31N3O3S/c1-3-20(24)23-14-9-17-15-18(5-6-19(17)23)27(25,26)21-10-4-11-22-12-7-16(2)8-13-22/h5-6,15-16,21H,3-4,7-14H2,1-2H3/p+1. The lowest BCUT2D eigenvalue weighted by molar-refractivity contribution is -0.906. The maximum atomic E-state index is 12.6. The quantitative estimate of drug-likeness (QED) is 0.677. The van der Waals surface area contributed by atoms with Crippen molar-refractivity contribution in [1.29, 1.82) is 0 Å². The van der Waals surface area contributed by atoms with Crippen molar-refractivity contribution in [1.82, 2.24) is 4.72 Å². The average Bonchev–Trinajstić information content (AvgIpc) is 3.09. The number of piperidine rings is 1. The number of nitrogens with zero attached hydrogens (tertiary/aromatic N) is 1. The number of fused-ring (bicyclic) bond motifs is 1. The van der Waals surface area contributed by atoms with E-state index in [-0.39, 0.29) is 5.91 Å². The molecule has 1 saturated heterocycles.